The van der Waals surface area contributed by atoms with Gasteiger partial charge in [0.15, 0.2) is 5.76 Å². The molecule has 6 heteroatoms. The van der Waals surface area contributed by atoms with E-state index in [2.05, 4.69) is 5.32 Å². The molecule has 0 saturated heterocycles. The van der Waals surface area contributed by atoms with Gasteiger partial charge >= 0.3 is 5.97 Å². The lowest BCUT2D eigenvalue weighted by Crippen LogP contribution is -2.16. The van der Waals surface area contributed by atoms with Crippen LogP contribution in [0.15, 0.2) is 52.9 Å². The fraction of sp³-hybridized carbons (Fsp3) is 0.158. The number of hydrogen-bond donors (Lipinski definition) is 1. The number of furan rings is 1. The van der Waals surface area contributed by atoms with Gasteiger partial charge in [0.25, 0.3) is 5.91 Å². The van der Waals surface area contributed by atoms with Crippen LogP contribution < -0.4 is 5.32 Å². The number of carbonyl (C=O) groups excluding carboxylic acids is 2. The minimum atomic E-state index is -0.530. The fourth-order valence-electron chi connectivity index (χ4n) is 2.63. The van der Waals surface area contributed by atoms with Crippen molar-refractivity contribution < 1.29 is 23.5 Å². The van der Waals surface area contributed by atoms with Crippen LogP contribution in [-0.2, 0) is 16.1 Å². The van der Waals surface area contributed by atoms with Crippen molar-refractivity contribution >= 4 is 28.5 Å². The number of nitrogens with one attached hydrogen (secondary N) is 1. The predicted octanol–water partition coefficient (Wildman–Crippen LogP) is 3.62. The number of esters is 1. The molecule has 0 radical (unpaired) electrons. The number of hydrogen-bond acceptors (Lipinski definition) is 5. The average Bonchev–Trinajstić information content (AvgIpc) is 3.01. The van der Waals surface area contributed by atoms with E-state index >= 15 is 0 Å². The molecule has 1 amide bonds. The molecule has 0 aliphatic rings. The van der Waals surface area contributed by atoms with Crippen LogP contribution >= 0.6 is 0 Å². The summed E-state index contributed by atoms with van der Waals surface area (Å²) in [6.45, 7) is 0.235. The molecule has 0 aliphatic heterocycles. The molecule has 128 valence electrons. The summed E-state index contributed by atoms with van der Waals surface area (Å²) in [6, 6.07) is 14.0. The molecule has 0 spiro atoms. The third kappa shape index (κ3) is 3.25. The summed E-state index contributed by atoms with van der Waals surface area (Å²) in [5.74, 6) is -0.833. The van der Waals surface area contributed by atoms with Crippen LogP contribution in [0.25, 0.3) is 11.0 Å². The maximum atomic E-state index is 12.7. The number of anilines is 1. The maximum absolute atomic E-state index is 12.7. The molecule has 0 aliphatic carbocycles. The Balaban J connectivity index is 1.99. The first-order chi connectivity index (χ1) is 12.2. The number of benzene rings is 2. The third-order valence-electron chi connectivity index (χ3n) is 3.77. The summed E-state index contributed by atoms with van der Waals surface area (Å²) < 4.78 is 15.6. The number of carbonyl (C=O) groups is 2. The van der Waals surface area contributed by atoms with Gasteiger partial charge in [-0.2, -0.15) is 0 Å². The van der Waals surface area contributed by atoms with Crippen LogP contribution in [0.5, 0.6) is 0 Å². The lowest BCUT2D eigenvalue weighted by molar-refractivity contribution is 0.0602. The second-order valence-electron chi connectivity index (χ2n) is 5.33. The van der Waals surface area contributed by atoms with E-state index in [4.69, 9.17) is 13.9 Å². The lowest BCUT2D eigenvalue weighted by atomic mass is 10.1. The Labute approximate surface area is 144 Å². The molecule has 3 rings (SSSR count). The van der Waals surface area contributed by atoms with Gasteiger partial charge in [0, 0.05) is 18.1 Å². The van der Waals surface area contributed by atoms with Gasteiger partial charge in [-0.05, 0) is 18.2 Å². The van der Waals surface area contributed by atoms with Gasteiger partial charge in [-0.25, -0.2) is 4.79 Å². The molecule has 1 aromatic heterocycles. The monoisotopic (exact) mass is 339 g/mol. The van der Waals surface area contributed by atoms with Gasteiger partial charge in [-0.3, -0.25) is 4.79 Å². The summed E-state index contributed by atoms with van der Waals surface area (Å²) in [5.41, 5.74) is 1.87. The molecular formula is C19H17NO5. The normalized spacial score (nSPS) is 10.6. The second kappa shape index (κ2) is 7.19. The SMILES string of the molecule is COCc1c(C(=O)Nc2ccccc2C(=O)OC)oc2ccccc12. The van der Waals surface area contributed by atoms with Crippen molar-refractivity contribution in [1.82, 2.24) is 0 Å². The summed E-state index contributed by atoms with van der Waals surface area (Å²) in [6.07, 6.45) is 0. The minimum absolute atomic E-state index is 0.155. The van der Waals surface area contributed by atoms with Crippen molar-refractivity contribution in [3.63, 3.8) is 0 Å². The highest BCUT2D eigenvalue weighted by Crippen LogP contribution is 2.27. The van der Waals surface area contributed by atoms with Gasteiger partial charge in [-0.1, -0.05) is 30.3 Å². The van der Waals surface area contributed by atoms with Crippen LogP contribution in [0.1, 0.15) is 26.5 Å². The van der Waals surface area contributed by atoms with E-state index in [0.29, 0.717) is 16.8 Å². The number of para-hydroxylation sites is 2. The van der Waals surface area contributed by atoms with Gasteiger partial charge < -0.3 is 19.2 Å². The first kappa shape index (κ1) is 16.7. The minimum Gasteiger partial charge on any atom is -0.465 e. The molecular weight excluding hydrogens is 322 g/mol. The largest absolute Gasteiger partial charge is 0.465 e. The van der Waals surface area contributed by atoms with Crippen LogP contribution in [0.2, 0.25) is 0 Å². The summed E-state index contributed by atoms with van der Waals surface area (Å²) in [4.78, 5) is 24.6. The Hall–Kier alpha value is -3.12. The first-order valence-electron chi connectivity index (χ1n) is 7.63. The van der Waals surface area contributed by atoms with Crippen LogP contribution in [0.4, 0.5) is 5.69 Å². The van der Waals surface area contributed by atoms with Crippen molar-refractivity contribution in [2.75, 3.05) is 19.5 Å². The van der Waals surface area contributed by atoms with E-state index in [0.717, 1.165) is 5.39 Å². The molecule has 0 unspecified atom stereocenters. The van der Waals surface area contributed by atoms with Gasteiger partial charge in [-0.15, -0.1) is 0 Å². The Kier molecular flexibility index (Phi) is 4.81. The third-order valence-corrected chi connectivity index (χ3v) is 3.77. The lowest BCUT2D eigenvalue weighted by Gasteiger charge is -2.09. The zero-order valence-corrected chi connectivity index (χ0v) is 13.9. The first-order valence-corrected chi connectivity index (χ1v) is 7.63. The molecule has 0 bridgehead atoms. The molecule has 0 saturated carbocycles. The number of rotatable bonds is 5. The molecule has 6 nitrogen and oxygen atoms in total. The topological polar surface area (TPSA) is 77.8 Å². The zero-order valence-electron chi connectivity index (χ0n) is 13.9. The van der Waals surface area contributed by atoms with Crippen LogP contribution in [0.3, 0.4) is 0 Å². The molecule has 0 atom stereocenters. The summed E-state index contributed by atoms with van der Waals surface area (Å²) in [5, 5.41) is 3.53. The van der Waals surface area contributed by atoms with Crippen molar-refractivity contribution in [2.24, 2.45) is 0 Å². The van der Waals surface area contributed by atoms with Crippen molar-refractivity contribution in [2.45, 2.75) is 6.61 Å². The van der Waals surface area contributed by atoms with E-state index in [1.165, 1.54) is 7.11 Å². The molecule has 2 aromatic carbocycles. The van der Waals surface area contributed by atoms with Gasteiger partial charge in [0.05, 0.1) is 25.0 Å². The number of amides is 1. The van der Waals surface area contributed by atoms with E-state index in [1.54, 1.807) is 37.4 Å². The molecule has 25 heavy (non-hydrogen) atoms. The van der Waals surface area contributed by atoms with Crippen LogP contribution in [0, 0.1) is 0 Å². The molecule has 3 aromatic rings. The van der Waals surface area contributed by atoms with E-state index < -0.39 is 11.9 Å². The molecule has 1 N–H and O–H groups in total. The smallest absolute Gasteiger partial charge is 0.339 e. The fourth-order valence-corrected chi connectivity index (χ4v) is 2.63. The molecule has 0 fully saturated rings. The van der Waals surface area contributed by atoms with E-state index in [-0.39, 0.29) is 17.9 Å². The van der Waals surface area contributed by atoms with Crippen molar-refractivity contribution in [1.29, 1.82) is 0 Å². The van der Waals surface area contributed by atoms with Gasteiger partial charge in [0.1, 0.15) is 5.58 Å². The van der Waals surface area contributed by atoms with E-state index in [1.807, 2.05) is 18.2 Å². The quantitative estimate of drug-likeness (QED) is 0.718. The Morgan fingerprint density at radius 1 is 1.04 bits per heavy atom. The van der Waals surface area contributed by atoms with Crippen molar-refractivity contribution in [3.8, 4) is 0 Å². The Morgan fingerprint density at radius 3 is 2.52 bits per heavy atom. The highest BCUT2D eigenvalue weighted by molar-refractivity contribution is 6.09. The van der Waals surface area contributed by atoms with Gasteiger partial charge in [0.2, 0.25) is 0 Å². The second-order valence-corrected chi connectivity index (χ2v) is 5.33. The van der Waals surface area contributed by atoms with Crippen molar-refractivity contribution in [3.05, 3.63) is 65.4 Å². The summed E-state index contributed by atoms with van der Waals surface area (Å²) >= 11 is 0. The average molecular weight is 339 g/mol. The predicted molar refractivity (Wildman–Crippen MR) is 92.7 cm³/mol. The van der Waals surface area contributed by atoms with E-state index in [9.17, 15) is 9.59 Å². The van der Waals surface area contributed by atoms with Crippen LogP contribution in [-0.4, -0.2) is 26.1 Å². The number of fused-ring (bicyclic) bond motifs is 1. The Morgan fingerprint density at radius 2 is 1.76 bits per heavy atom. The standard InChI is InChI=1S/C19H17NO5/c1-23-11-14-12-7-4-6-10-16(12)25-17(14)18(21)20-15-9-5-3-8-13(15)19(22)24-2/h3-10H,11H2,1-2H3,(H,20,21). The number of methoxy groups -OCH3 is 2. The molecule has 1 heterocycles. The maximum Gasteiger partial charge on any atom is 0.339 e. The Bertz CT molecular complexity index is 928. The number of ether oxygens (including phenoxy) is 2. The highest BCUT2D eigenvalue weighted by atomic mass is 16.5. The zero-order chi connectivity index (χ0) is 17.8. The summed E-state index contributed by atoms with van der Waals surface area (Å²) in [7, 11) is 2.84. The highest BCUT2D eigenvalue weighted by Gasteiger charge is 2.22.